The number of nitriles is 1. The molecule has 0 bridgehead atoms. The largest absolute Gasteiger partial charge is 0.493 e. The Morgan fingerprint density at radius 3 is 2.83 bits per heavy atom. The van der Waals surface area contributed by atoms with Gasteiger partial charge >= 0.3 is 0 Å². The zero-order chi connectivity index (χ0) is 13.0. The Hall–Kier alpha value is -1.86. The maximum absolute atomic E-state index is 8.70. The average molecular weight is 258 g/mol. The van der Waals surface area contributed by atoms with Gasteiger partial charge in [-0.3, -0.25) is 0 Å². The van der Waals surface area contributed by atoms with E-state index in [9.17, 15) is 0 Å². The molecule has 0 aliphatic rings. The second-order valence-corrected chi connectivity index (χ2v) is 5.19. The van der Waals surface area contributed by atoms with Crippen molar-refractivity contribution in [2.45, 2.75) is 20.3 Å². The van der Waals surface area contributed by atoms with E-state index in [1.807, 2.05) is 12.1 Å². The third-order valence-electron chi connectivity index (χ3n) is 2.73. The molecule has 0 aliphatic carbocycles. The Labute approximate surface area is 111 Å². The highest BCUT2D eigenvalue weighted by Crippen LogP contribution is 2.17. The SMILES string of the molecule is Cc1ccc(OCCc2ncc(C#N)s2)cc1C. The van der Waals surface area contributed by atoms with Gasteiger partial charge in [0.2, 0.25) is 0 Å². The van der Waals surface area contributed by atoms with Gasteiger partial charge in [-0.2, -0.15) is 5.26 Å². The Bertz CT molecular complexity index is 584. The number of thiazole rings is 1. The summed E-state index contributed by atoms with van der Waals surface area (Å²) in [6, 6.07) is 8.16. The van der Waals surface area contributed by atoms with E-state index in [2.05, 4.69) is 31.0 Å². The first-order valence-electron chi connectivity index (χ1n) is 5.74. The molecule has 4 heteroatoms. The Balaban J connectivity index is 1.88. The van der Waals surface area contributed by atoms with Crippen molar-refractivity contribution in [1.82, 2.24) is 4.98 Å². The van der Waals surface area contributed by atoms with Crippen LogP contribution < -0.4 is 4.74 Å². The van der Waals surface area contributed by atoms with E-state index in [1.165, 1.54) is 22.5 Å². The molecule has 0 spiro atoms. The number of rotatable bonds is 4. The van der Waals surface area contributed by atoms with E-state index in [0.717, 1.165) is 17.2 Å². The molecular weight excluding hydrogens is 244 g/mol. The number of aromatic nitrogens is 1. The molecule has 1 aromatic carbocycles. The zero-order valence-electron chi connectivity index (χ0n) is 10.4. The lowest BCUT2D eigenvalue weighted by Crippen LogP contribution is -2.01. The van der Waals surface area contributed by atoms with Gasteiger partial charge in [0.1, 0.15) is 16.7 Å². The Kier molecular flexibility index (Phi) is 3.96. The van der Waals surface area contributed by atoms with Gasteiger partial charge in [0.25, 0.3) is 0 Å². The molecule has 0 fully saturated rings. The molecule has 2 rings (SSSR count). The summed E-state index contributed by atoms with van der Waals surface area (Å²) in [5, 5.41) is 9.64. The molecule has 0 atom stereocenters. The molecule has 18 heavy (non-hydrogen) atoms. The number of hydrogen-bond acceptors (Lipinski definition) is 4. The van der Waals surface area contributed by atoms with Crippen LogP contribution in [-0.2, 0) is 6.42 Å². The fourth-order valence-corrected chi connectivity index (χ4v) is 2.23. The van der Waals surface area contributed by atoms with E-state index in [0.29, 0.717) is 11.5 Å². The monoisotopic (exact) mass is 258 g/mol. The summed E-state index contributed by atoms with van der Waals surface area (Å²) in [6.45, 7) is 4.74. The van der Waals surface area contributed by atoms with Crippen molar-refractivity contribution < 1.29 is 4.74 Å². The normalized spacial score (nSPS) is 10.1. The fourth-order valence-electron chi connectivity index (χ4n) is 1.54. The van der Waals surface area contributed by atoms with Gasteiger partial charge in [-0.1, -0.05) is 6.07 Å². The third-order valence-corrected chi connectivity index (χ3v) is 3.69. The van der Waals surface area contributed by atoms with Gasteiger partial charge in [-0.05, 0) is 37.1 Å². The van der Waals surface area contributed by atoms with Crippen molar-refractivity contribution in [1.29, 1.82) is 5.26 Å². The number of hydrogen-bond donors (Lipinski definition) is 0. The van der Waals surface area contributed by atoms with E-state index in [1.54, 1.807) is 6.20 Å². The molecule has 0 unspecified atom stereocenters. The molecular formula is C14H14N2OS. The second kappa shape index (κ2) is 5.65. The van der Waals surface area contributed by atoms with Crippen LogP contribution in [0.15, 0.2) is 24.4 Å². The van der Waals surface area contributed by atoms with Crippen LogP contribution in [0.4, 0.5) is 0 Å². The summed E-state index contributed by atoms with van der Waals surface area (Å²) in [5.41, 5.74) is 2.49. The summed E-state index contributed by atoms with van der Waals surface area (Å²) in [4.78, 5) is 4.82. The van der Waals surface area contributed by atoms with Crippen molar-refractivity contribution in [3.63, 3.8) is 0 Å². The van der Waals surface area contributed by atoms with Crippen LogP contribution in [0.1, 0.15) is 21.0 Å². The summed E-state index contributed by atoms with van der Waals surface area (Å²) >= 11 is 1.42. The summed E-state index contributed by atoms with van der Waals surface area (Å²) < 4.78 is 5.67. The Morgan fingerprint density at radius 1 is 1.33 bits per heavy atom. The molecule has 92 valence electrons. The molecule has 3 nitrogen and oxygen atoms in total. The minimum atomic E-state index is 0.584. The van der Waals surface area contributed by atoms with Crippen molar-refractivity contribution in [3.8, 4) is 11.8 Å². The van der Waals surface area contributed by atoms with Crippen LogP contribution in [0, 0.1) is 25.2 Å². The first-order chi connectivity index (χ1) is 8.69. The van der Waals surface area contributed by atoms with Gasteiger partial charge in [-0.15, -0.1) is 11.3 Å². The van der Waals surface area contributed by atoms with Crippen molar-refractivity contribution in [2.75, 3.05) is 6.61 Å². The summed E-state index contributed by atoms with van der Waals surface area (Å²) in [6.07, 6.45) is 2.34. The molecule has 0 N–H and O–H groups in total. The summed E-state index contributed by atoms with van der Waals surface area (Å²) in [5.74, 6) is 0.884. The van der Waals surface area contributed by atoms with Crippen molar-refractivity contribution in [3.05, 3.63) is 45.4 Å². The van der Waals surface area contributed by atoms with E-state index >= 15 is 0 Å². The van der Waals surface area contributed by atoms with Gasteiger partial charge in [0, 0.05) is 6.42 Å². The molecule has 0 amide bonds. The smallest absolute Gasteiger partial charge is 0.124 e. The lowest BCUT2D eigenvalue weighted by Gasteiger charge is -2.07. The highest BCUT2D eigenvalue weighted by molar-refractivity contribution is 7.12. The number of aryl methyl sites for hydroxylation is 2. The molecule has 0 saturated carbocycles. The van der Waals surface area contributed by atoms with Gasteiger partial charge in [0.05, 0.1) is 17.8 Å². The molecule has 0 aliphatic heterocycles. The lowest BCUT2D eigenvalue weighted by atomic mass is 10.1. The first-order valence-corrected chi connectivity index (χ1v) is 6.55. The summed E-state index contributed by atoms with van der Waals surface area (Å²) in [7, 11) is 0. The predicted octanol–water partition coefficient (Wildman–Crippen LogP) is 3.25. The van der Waals surface area contributed by atoms with E-state index in [4.69, 9.17) is 10.00 Å². The molecule has 2 aromatic rings. The minimum absolute atomic E-state index is 0.584. The third kappa shape index (κ3) is 3.08. The molecule has 1 aromatic heterocycles. The van der Waals surface area contributed by atoms with Crippen LogP contribution >= 0.6 is 11.3 Å². The van der Waals surface area contributed by atoms with Crippen molar-refractivity contribution in [2.24, 2.45) is 0 Å². The second-order valence-electron chi connectivity index (χ2n) is 4.07. The molecule has 1 heterocycles. The topological polar surface area (TPSA) is 45.9 Å². The molecule has 0 saturated heterocycles. The highest BCUT2D eigenvalue weighted by atomic mass is 32.1. The fraction of sp³-hybridized carbons (Fsp3) is 0.286. The van der Waals surface area contributed by atoms with Crippen LogP contribution in [0.2, 0.25) is 0 Å². The van der Waals surface area contributed by atoms with Gasteiger partial charge < -0.3 is 4.74 Å². The van der Waals surface area contributed by atoms with Crippen LogP contribution in [0.3, 0.4) is 0 Å². The van der Waals surface area contributed by atoms with Gasteiger partial charge in [-0.25, -0.2) is 4.98 Å². The lowest BCUT2D eigenvalue weighted by molar-refractivity contribution is 0.321. The van der Waals surface area contributed by atoms with Gasteiger partial charge in [0.15, 0.2) is 0 Å². The standard InChI is InChI=1S/C14H14N2OS/c1-10-3-4-12(7-11(10)2)17-6-5-14-16-9-13(8-15)18-14/h3-4,7,9H,5-6H2,1-2H3. The number of ether oxygens (including phenoxy) is 1. The maximum Gasteiger partial charge on any atom is 0.124 e. The van der Waals surface area contributed by atoms with Crippen LogP contribution in [-0.4, -0.2) is 11.6 Å². The molecule has 0 radical (unpaired) electrons. The van der Waals surface area contributed by atoms with Crippen molar-refractivity contribution >= 4 is 11.3 Å². The van der Waals surface area contributed by atoms with E-state index < -0.39 is 0 Å². The quantitative estimate of drug-likeness (QED) is 0.845. The zero-order valence-corrected chi connectivity index (χ0v) is 11.3. The average Bonchev–Trinajstić information content (AvgIpc) is 2.82. The maximum atomic E-state index is 8.70. The highest BCUT2D eigenvalue weighted by Gasteiger charge is 2.02. The number of nitrogens with zero attached hydrogens (tertiary/aromatic N) is 2. The van der Waals surface area contributed by atoms with Crippen LogP contribution in [0.25, 0.3) is 0 Å². The Morgan fingerprint density at radius 2 is 2.17 bits per heavy atom. The van der Waals surface area contributed by atoms with E-state index in [-0.39, 0.29) is 0 Å². The minimum Gasteiger partial charge on any atom is -0.493 e. The van der Waals surface area contributed by atoms with Crippen LogP contribution in [0.5, 0.6) is 5.75 Å². The first kappa shape index (κ1) is 12.6. The number of benzene rings is 1. The predicted molar refractivity (Wildman–Crippen MR) is 71.9 cm³/mol.